The molecular formula is C18H17BN4O5. The van der Waals surface area contributed by atoms with Crippen LogP contribution >= 0.6 is 0 Å². The SMILES string of the molecule is Cc1nc2c(-c3ccc4c(N)nnc(C)c4c3)cc(B(O)O)cc2o1.O=CO. The molecule has 2 aromatic carbocycles. The number of nitrogens with two attached hydrogens (primary N) is 1. The van der Waals surface area contributed by atoms with Crippen LogP contribution in [0.1, 0.15) is 11.6 Å². The number of benzene rings is 2. The lowest BCUT2D eigenvalue weighted by molar-refractivity contribution is -0.122. The first-order valence-electron chi connectivity index (χ1n) is 8.23. The number of nitrogen functional groups attached to an aromatic ring is 1. The zero-order chi connectivity index (χ0) is 20.4. The quantitative estimate of drug-likeness (QED) is 0.294. The van der Waals surface area contributed by atoms with Crippen LogP contribution in [-0.2, 0) is 4.79 Å². The smallest absolute Gasteiger partial charge is 0.483 e. The molecule has 9 nitrogen and oxygen atoms in total. The molecule has 5 N–H and O–H groups in total. The zero-order valence-corrected chi connectivity index (χ0v) is 15.1. The first-order chi connectivity index (χ1) is 13.3. The highest BCUT2D eigenvalue weighted by atomic mass is 16.4. The minimum atomic E-state index is -1.60. The third-order valence-electron chi connectivity index (χ3n) is 4.23. The number of rotatable bonds is 2. The van der Waals surface area contributed by atoms with Crippen molar-refractivity contribution in [2.75, 3.05) is 5.73 Å². The van der Waals surface area contributed by atoms with E-state index in [1.807, 2.05) is 25.1 Å². The van der Waals surface area contributed by atoms with E-state index >= 15 is 0 Å². The number of carboxylic acid groups (broad SMARTS) is 1. The molecule has 10 heteroatoms. The summed E-state index contributed by atoms with van der Waals surface area (Å²) in [5, 5.41) is 35.7. The van der Waals surface area contributed by atoms with Crippen molar-refractivity contribution in [3.05, 3.63) is 41.9 Å². The number of carbonyl (C=O) groups is 1. The summed E-state index contributed by atoms with van der Waals surface area (Å²) in [6.07, 6.45) is 0. The topological polar surface area (TPSA) is 156 Å². The van der Waals surface area contributed by atoms with Crippen molar-refractivity contribution in [2.45, 2.75) is 13.8 Å². The van der Waals surface area contributed by atoms with Gasteiger partial charge in [-0.2, -0.15) is 5.10 Å². The van der Waals surface area contributed by atoms with Crippen molar-refractivity contribution in [1.82, 2.24) is 15.2 Å². The van der Waals surface area contributed by atoms with Crippen LogP contribution in [0.15, 0.2) is 34.7 Å². The summed E-state index contributed by atoms with van der Waals surface area (Å²) in [5.74, 6) is 0.877. The summed E-state index contributed by atoms with van der Waals surface area (Å²) in [7, 11) is -1.60. The van der Waals surface area contributed by atoms with E-state index in [1.54, 1.807) is 19.1 Å². The Hall–Kier alpha value is -3.50. The minimum absolute atomic E-state index is 0.250. The lowest BCUT2D eigenvalue weighted by atomic mass is 9.78. The van der Waals surface area contributed by atoms with Crippen LogP contribution in [0.5, 0.6) is 0 Å². The van der Waals surface area contributed by atoms with E-state index in [0.717, 1.165) is 27.6 Å². The second kappa shape index (κ2) is 7.63. The van der Waals surface area contributed by atoms with Crippen LogP contribution in [0, 0.1) is 13.8 Å². The third kappa shape index (κ3) is 3.50. The highest BCUT2D eigenvalue weighted by Gasteiger charge is 2.18. The molecule has 0 atom stereocenters. The number of aromatic nitrogens is 3. The largest absolute Gasteiger partial charge is 0.488 e. The van der Waals surface area contributed by atoms with Crippen LogP contribution in [0.4, 0.5) is 5.82 Å². The molecule has 0 radical (unpaired) electrons. The van der Waals surface area contributed by atoms with Gasteiger partial charge >= 0.3 is 7.12 Å². The molecule has 0 aliphatic heterocycles. The fourth-order valence-electron chi connectivity index (χ4n) is 3.00. The molecule has 0 saturated heterocycles. The predicted molar refractivity (Wildman–Crippen MR) is 105 cm³/mol. The average Bonchev–Trinajstić information content (AvgIpc) is 3.04. The van der Waals surface area contributed by atoms with Gasteiger partial charge < -0.3 is 25.3 Å². The summed E-state index contributed by atoms with van der Waals surface area (Å²) in [4.78, 5) is 12.8. The number of fused-ring (bicyclic) bond motifs is 2. The number of hydrogen-bond donors (Lipinski definition) is 4. The molecule has 2 heterocycles. The number of aryl methyl sites for hydroxylation is 2. The van der Waals surface area contributed by atoms with Crippen molar-refractivity contribution in [1.29, 1.82) is 0 Å². The van der Waals surface area contributed by atoms with Crippen LogP contribution < -0.4 is 11.2 Å². The molecule has 2 aromatic heterocycles. The Balaban J connectivity index is 0.000000706. The van der Waals surface area contributed by atoms with E-state index in [2.05, 4.69) is 15.2 Å². The van der Waals surface area contributed by atoms with Crippen molar-refractivity contribution in [3.63, 3.8) is 0 Å². The summed E-state index contributed by atoms with van der Waals surface area (Å²) in [5.41, 5.74) is 9.76. The first kappa shape index (κ1) is 19.3. The van der Waals surface area contributed by atoms with E-state index in [1.165, 1.54) is 0 Å². The normalized spacial score (nSPS) is 10.6. The Morgan fingerprint density at radius 3 is 2.50 bits per heavy atom. The second-order valence-corrected chi connectivity index (χ2v) is 6.06. The molecule has 0 bridgehead atoms. The highest BCUT2D eigenvalue weighted by Crippen LogP contribution is 2.32. The van der Waals surface area contributed by atoms with Gasteiger partial charge in [0.25, 0.3) is 6.47 Å². The maximum absolute atomic E-state index is 9.57. The van der Waals surface area contributed by atoms with E-state index in [0.29, 0.717) is 28.3 Å². The molecule has 0 aliphatic rings. The monoisotopic (exact) mass is 380 g/mol. The average molecular weight is 380 g/mol. The van der Waals surface area contributed by atoms with Crippen LogP contribution in [-0.4, -0.2) is 43.9 Å². The van der Waals surface area contributed by atoms with E-state index < -0.39 is 7.12 Å². The molecule has 28 heavy (non-hydrogen) atoms. The molecule has 0 amide bonds. The van der Waals surface area contributed by atoms with Crippen molar-refractivity contribution in [3.8, 4) is 11.1 Å². The van der Waals surface area contributed by atoms with Gasteiger partial charge in [-0.1, -0.05) is 12.1 Å². The second-order valence-electron chi connectivity index (χ2n) is 6.06. The third-order valence-corrected chi connectivity index (χ3v) is 4.23. The Labute approximate surface area is 159 Å². The van der Waals surface area contributed by atoms with Gasteiger partial charge in [0.2, 0.25) is 0 Å². The maximum atomic E-state index is 9.57. The predicted octanol–water partition coefficient (Wildman–Crippen LogP) is 1.02. The van der Waals surface area contributed by atoms with Gasteiger partial charge in [0.15, 0.2) is 17.3 Å². The molecule has 0 saturated carbocycles. The van der Waals surface area contributed by atoms with Gasteiger partial charge in [0.1, 0.15) is 5.52 Å². The summed E-state index contributed by atoms with van der Waals surface area (Å²) < 4.78 is 5.58. The summed E-state index contributed by atoms with van der Waals surface area (Å²) in [6.45, 7) is 3.36. The fraction of sp³-hybridized carbons (Fsp3) is 0.111. The van der Waals surface area contributed by atoms with Gasteiger partial charge in [0, 0.05) is 23.3 Å². The lowest BCUT2D eigenvalue weighted by Gasteiger charge is -2.09. The Morgan fingerprint density at radius 1 is 1.11 bits per heavy atom. The fourth-order valence-corrected chi connectivity index (χ4v) is 3.00. The molecular weight excluding hydrogens is 363 g/mol. The van der Waals surface area contributed by atoms with Gasteiger partial charge in [0.05, 0.1) is 5.69 Å². The highest BCUT2D eigenvalue weighted by molar-refractivity contribution is 6.59. The molecule has 4 aromatic rings. The molecule has 0 spiro atoms. The lowest BCUT2D eigenvalue weighted by Crippen LogP contribution is -2.29. The van der Waals surface area contributed by atoms with Crippen LogP contribution in [0.2, 0.25) is 0 Å². The zero-order valence-electron chi connectivity index (χ0n) is 15.1. The first-order valence-corrected chi connectivity index (χ1v) is 8.23. The number of anilines is 1. The Bertz CT molecular complexity index is 1180. The van der Waals surface area contributed by atoms with Crippen LogP contribution in [0.25, 0.3) is 33.0 Å². The van der Waals surface area contributed by atoms with E-state index in [-0.39, 0.29) is 6.47 Å². The van der Waals surface area contributed by atoms with Gasteiger partial charge in [-0.25, -0.2) is 4.98 Å². The maximum Gasteiger partial charge on any atom is 0.488 e. The van der Waals surface area contributed by atoms with Crippen molar-refractivity contribution < 1.29 is 24.4 Å². The molecule has 0 fully saturated rings. The van der Waals surface area contributed by atoms with Gasteiger partial charge in [-0.3, -0.25) is 4.79 Å². The molecule has 142 valence electrons. The molecule has 0 aliphatic carbocycles. The van der Waals surface area contributed by atoms with E-state index in [4.69, 9.17) is 20.1 Å². The van der Waals surface area contributed by atoms with Gasteiger partial charge in [-0.05, 0) is 36.1 Å². The van der Waals surface area contributed by atoms with Gasteiger partial charge in [-0.15, -0.1) is 5.10 Å². The molecule has 0 unspecified atom stereocenters. The van der Waals surface area contributed by atoms with Crippen molar-refractivity contribution >= 4 is 46.7 Å². The number of hydrogen-bond acceptors (Lipinski definition) is 8. The minimum Gasteiger partial charge on any atom is -0.483 e. The van der Waals surface area contributed by atoms with Crippen molar-refractivity contribution in [2.24, 2.45) is 0 Å². The summed E-state index contributed by atoms with van der Waals surface area (Å²) >= 11 is 0. The standard InChI is InChI=1S/C17H15BN4O3.CH2O2/c1-8-13-5-10(3-4-12(13)17(19)22-21-8)14-6-11(18(23)24)7-15-16(14)20-9(2)25-15;2-1-3/h3-7,23-24H,1-2H3,(H2,19,22);1H,(H,2,3). The Kier molecular flexibility index (Phi) is 5.25. The molecule has 4 rings (SSSR count). The van der Waals surface area contributed by atoms with Crippen LogP contribution in [0.3, 0.4) is 0 Å². The Morgan fingerprint density at radius 2 is 1.82 bits per heavy atom. The summed E-state index contributed by atoms with van der Waals surface area (Å²) in [6, 6.07) is 9.00. The van der Waals surface area contributed by atoms with E-state index in [9.17, 15) is 10.0 Å². The number of oxazole rings is 1. The number of nitrogens with zero attached hydrogens (tertiary/aromatic N) is 3.